The van der Waals surface area contributed by atoms with Crippen molar-refractivity contribution in [3.63, 3.8) is 0 Å². The molecule has 0 aromatic heterocycles. The Kier molecular flexibility index (Phi) is 4.61. The Morgan fingerprint density at radius 2 is 2.00 bits per heavy atom. The van der Waals surface area contributed by atoms with Gasteiger partial charge < -0.3 is 15.3 Å². The van der Waals surface area contributed by atoms with Gasteiger partial charge in [0.1, 0.15) is 0 Å². The van der Waals surface area contributed by atoms with E-state index in [0.29, 0.717) is 18.0 Å². The summed E-state index contributed by atoms with van der Waals surface area (Å²) in [6.45, 7) is 0.687. The van der Waals surface area contributed by atoms with Gasteiger partial charge in [0.25, 0.3) is 0 Å². The van der Waals surface area contributed by atoms with Crippen LogP contribution < -0.4 is 5.32 Å². The summed E-state index contributed by atoms with van der Waals surface area (Å²) in [4.78, 5) is 24.9. The summed E-state index contributed by atoms with van der Waals surface area (Å²) in [6, 6.07) is 7.38. The fraction of sp³-hybridized carbons (Fsp3) is 0.467. The lowest BCUT2D eigenvalue weighted by Gasteiger charge is -2.30. The van der Waals surface area contributed by atoms with Gasteiger partial charge in [0.2, 0.25) is 0 Å². The van der Waals surface area contributed by atoms with Gasteiger partial charge in [-0.15, -0.1) is 0 Å². The molecule has 1 fully saturated rings. The summed E-state index contributed by atoms with van der Waals surface area (Å²) >= 11 is 0. The molecule has 0 spiro atoms. The molecule has 0 aliphatic heterocycles. The third-order valence-corrected chi connectivity index (χ3v) is 3.75. The lowest BCUT2D eigenvalue weighted by molar-refractivity contribution is -0.139. The van der Waals surface area contributed by atoms with E-state index in [9.17, 15) is 14.7 Å². The molecule has 1 saturated carbocycles. The highest BCUT2D eigenvalue weighted by molar-refractivity contribution is 5.83. The van der Waals surface area contributed by atoms with Crippen molar-refractivity contribution in [2.24, 2.45) is 5.92 Å². The predicted molar refractivity (Wildman–Crippen MR) is 75.3 cm³/mol. The molecule has 1 aromatic carbocycles. The fourth-order valence-electron chi connectivity index (χ4n) is 2.31. The van der Waals surface area contributed by atoms with Crippen LogP contribution in [0.5, 0.6) is 0 Å². The smallest absolute Gasteiger partial charge is 0.330 e. The van der Waals surface area contributed by atoms with Gasteiger partial charge in [0.15, 0.2) is 6.04 Å². The average molecular weight is 276 g/mol. The van der Waals surface area contributed by atoms with Crippen molar-refractivity contribution >= 4 is 12.0 Å². The molecule has 2 amide bonds. The lowest BCUT2D eigenvalue weighted by Crippen LogP contribution is -2.44. The van der Waals surface area contributed by atoms with Crippen molar-refractivity contribution in [2.75, 3.05) is 13.6 Å². The highest BCUT2D eigenvalue weighted by Crippen LogP contribution is 2.26. The molecule has 1 atom stereocenters. The van der Waals surface area contributed by atoms with Crippen molar-refractivity contribution in [3.05, 3.63) is 35.9 Å². The van der Waals surface area contributed by atoms with Gasteiger partial charge in [-0.2, -0.15) is 0 Å². The summed E-state index contributed by atoms with van der Waals surface area (Å²) < 4.78 is 0. The number of aliphatic carboxylic acids is 1. The molecule has 1 aliphatic carbocycles. The minimum atomic E-state index is -1.05. The molecule has 0 heterocycles. The van der Waals surface area contributed by atoms with Crippen LogP contribution in [0.2, 0.25) is 0 Å². The van der Waals surface area contributed by atoms with Crippen LogP contribution in [0.1, 0.15) is 30.9 Å². The molecule has 1 aromatic rings. The molecule has 20 heavy (non-hydrogen) atoms. The third-order valence-electron chi connectivity index (χ3n) is 3.75. The van der Waals surface area contributed by atoms with Gasteiger partial charge in [-0.3, -0.25) is 0 Å². The Morgan fingerprint density at radius 1 is 1.35 bits per heavy atom. The van der Waals surface area contributed by atoms with Gasteiger partial charge in [0.05, 0.1) is 0 Å². The Bertz CT molecular complexity index is 471. The van der Waals surface area contributed by atoms with Gasteiger partial charge in [-0.1, -0.05) is 36.8 Å². The number of hydrogen-bond donors (Lipinski definition) is 2. The van der Waals surface area contributed by atoms with Crippen LogP contribution in [0, 0.1) is 5.92 Å². The highest BCUT2D eigenvalue weighted by atomic mass is 16.4. The number of benzene rings is 1. The van der Waals surface area contributed by atoms with E-state index in [1.165, 1.54) is 6.42 Å². The standard InChI is InChI=1S/C15H20N2O3/c1-17(10-11-6-5-7-11)15(20)16-13(14(18)19)12-8-3-2-4-9-12/h2-4,8-9,11,13H,5-7,10H2,1H3,(H,16,20)(H,18,19)/t13-/m0/s1. The van der Waals surface area contributed by atoms with E-state index < -0.39 is 12.0 Å². The quantitative estimate of drug-likeness (QED) is 0.866. The maximum Gasteiger partial charge on any atom is 0.330 e. The first kappa shape index (κ1) is 14.4. The van der Waals surface area contributed by atoms with E-state index in [0.717, 1.165) is 12.8 Å². The number of rotatable bonds is 5. The zero-order chi connectivity index (χ0) is 14.5. The number of amides is 2. The monoisotopic (exact) mass is 276 g/mol. The topological polar surface area (TPSA) is 69.6 Å². The molecule has 0 radical (unpaired) electrons. The Labute approximate surface area is 118 Å². The first-order chi connectivity index (χ1) is 9.58. The molecule has 0 bridgehead atoms. The minimum absolute atomic E-state index is 0.340. The largest absolute Gasteiger partial charge is 0.479 e. The van der Waals surface area contributed by atoms with Crippen molar-refractivity contribution in [1.29, 1.82) is 0 Å². The maximum absolute atomic E-state index is 12.1. The number of hydrogen-bond acceptors (Lipinski definition) is 2. The number of carboxylic acids is 1. The molecule has 5 heteroatoms. The van der Waals surface area contributed by atoms with Crippen molar-refractivity contribution in [3.8, 4) is 0 Å². The van der Waals surface area contributed by atoms with Gasteiger partial charge in [-0.25, -0.2) is 9.59 Å². The van der Waals surface area contributed by atoms with Gasteiger partial charge >= 0.3 is 12.0 Å². The van der Waals surface area contributed by atoms with Gasteiger partial charge in [0, 0.05) is 13.6 Å². The molecular weight excluding hydrogens is 256 g/mol. The molecule has 2 rings (SSSR count). The van der Waals surface area contributed by atoms with E-state index in [2.05, 4.69) is 5.32 Å². The maximum atomic E-state index is 12.1. The first-order valence-corrected chi connectivity index (χ1v) is 6.87. The lowest BCUT2D eigenvalue weighted by atomic mass is 9.85. The number of carbonyl (C=O) groups is 2. The molecular formula is C15H20N2O3. The first-order valence-electron chi connectivity index (χ1n) is 6.87. The number of carboxylic acid groups (broad SMARTS) is 1. The van der Waals surface area contributed by atoms with Crippen molar-refractivity contribution in [1.82, 2.24) is 10.2 Å². The van der Waals surface area contributed by atoms with Crippen LogP contribution in [0.15, 0.2) is 30.3 Å². The van der Waals surface area contributed by atoms with E-state index in [1.807, 2.05) is 6.07 Å². The summed E-state index contributed by atoms with van der Waals surface area (Å²) in [5.41, 5.74) is 0.574. The van der Waals surface area contributed by atoms with Crippen LogP contribution >= 0.6 is 0 Å². The molecule has 0 unspecified atom stereocenters. The second-order valence-electron chi connectivity index (χ2n) is 5.31. The predicted octanol–water partition coefficient (Wildman–Crippen LogP) is 2.25. The van der Waals surface area contributed by atoms with Crippen LogP contribution in [0.3, 0.4) is 0 Å². The van der Waals surface area contributed by atoms with Crippen LogP contribution in [0.25, 0.3) is 0 Å². The zero-order valence-electron chi connectivity index (χ0n) is 11.6. The third kappa shape index (κ3) is 3.50. The van der Waals surface area contributed by atoms with Crippen LogP contribution in [-0.4, -0.2) is 35.6 Å². The molecule has 1 aliphatic rings. The van der Waals surface area contributed by atoms with Crippen molar-refractivity contribution in [2.45, 2.75) is 25.3 Å². The summed E-state index contributed by atoms with van der Waals surface area (Å²) in [6.07, 6.45) is 3.53. The molecule has 5 nitrogen and oxygen atoms in total. The second kappa shape index (κ2) is 6.41. The van der Waals surface area contributed by atoms with E-state index in [4.69, 9.17) is 0 Å². The Morgan fingerprint density at radius 3 is 2.50 bits per heavy atom. The molecule has 2 N–H and O–H groups in total. The number of urea groups is 1. The summed E-state index contributed by atoms with van der Waals surface area (Å²) in [5, 5.41) is 11.8. The molecule has 108 valence electrons. The molecule has 0 saturated heterocycles. The van der Waals surface area contributed by atoms with Crippen LogP contribution in [0.4, 0.5) is 4.79 Å². The van der Waals surface area contributed by atoms with Gasteiger partial charge in [-0.05, 0) is 24.3 Å². The normalized spacial score (nSPS) is 16.1. The number of nitrogens with zero attached hydrogens (tertiary/aromatic N) is 1. The summed E-state index contributed by atoms with van der Waals surface area (Å²) in [7, 11) is 1.71. The van der Waals surface area contributed by atoms with Crippen LogP contribution in [-0.2, 0) is 4.79 Å². The SMILES string of the molecule is CN(CC1CCC1)C(=O)N[C@H](C(=O)O)c1ccccc1. The van der Waals surface area contributed by atoms with E-state index in [-0.39, 0.29) is 6.03 Å². The van der Waals surface area contributed by atoms with E-state index in [1.54, 1.807) is 36.2 Å². The average Bonchev–Trinajstić information content (AvgIpc) is 2.40. The second-order valence-corrected chi connectivity index (χ2v) is 5.31. The Hall–Kier alpha value is -2.04. The van der Waals surface area contributed by atoms with E-state index >= 15 is 0 Å². The minimum Gasteiger partial charge on any atom is -0.479 e. The number of carbonyl (C=O) groups excluding carboxylic acids is 1. The summed E-state index contributed by atoms with van der Waals surface area (Å²) in [5.74, 6) is -0.493. The fourth-order valence-corrected chi connectivity index (χ4v) is 2.31. The Balaban J connectivity index is 1.97. The zero-order valence-corrected chi connectivity index (χ0v) is 11.6. The number of nitrogens with one attached hydrogen (secondary N) is 1. The van der Waals surface area contributed by atoms with Crippen molar-refractivity contribution < 1.29 is 14.7 Å². The highest BCUT2D eigenvalue weighted by Gasteiger charge is 2.26.